The first-order chi connectivity index (χ1) is 10.1. The fraction of sp³-hybridized carbons (Fsp3) is 0.0769. The van der Waals surface area contributed by atoms with Crippen molar-refractivity contribution in [1.29, 1.82) is 0 Å². The van der Waals surface area contributed by atoms with Crippen LogP contribution in [0.3, 0.4) is 0 Å². The van der Waals surface area contributed by atoms with Crippen LogP contribution in [0.15, 0.2) is 34.7 Å². The van der Waals surface area contributed by atoms with Gasteiger partial charge in [-0.25, -0.2) is 24.1 Å². The number of aryl methyl sites for hydroxylation is 1. The molecule has 8 heteroatoms. The zero-order valence-electron chi connectivity index (χ0n) is 10.7. The monoisotopic (exact) mass is 321 g/mol. The molecule has 0 radical (unpaired) electrons. The number of fused-ring (bicyclic) bond motifs is 1. The largest absolute Gasteiger partial charge is 0.477 e. The zero-order valence-corrected chi connectivity index (χ0v) is 12.3. The lowest BCUT2D eigenvalue weighted by Gasteiger charge is -2.03. The minimum absolute atomic E-state index is 0.194. The van der Waals surface area contributed by atoms with E-state index in [0.29, 0.717) is 20.8 Å². The van der Waals surface area contributed by atoms with Gasteiger partial charge in [0.05, 0.1) is 0 Å². The molecule has 3 aromatic heterocycles. The maximum absolute atomic E-state index is 13.7. The topological polar surface area (TPSA) is 76.0 Å². The van der Waals surface area contributed by atoms with Crippen LogP contribution in [0.5, 0.6) is 0 Å². The lowest BCUT2D eigenvalue weighted by Crippen LogP contribution is -1.94. The van der Waals surface area contributed by atoms with E-state index in [2.05, 4.69) is 15.0 Å². The molecule has 0 amide bonds. The van der Waals surface area contributed by atoms with E-state index in [-0.39, 0.29) is 9.90 Å². The highest BCUT2D eigenvalue weighted by molar-refractivity contribution is 7.99. The Morgan fingerprint density at radius 3 is 2.86 bits per heavy atom. The summed E-state index contributed by atoms with van der Waals surface area (Å²) < 4.78 is 13.7. The zero-order chi connectivity index (χ0) is 15.0. The summed E-state index contributed by atoms with van der Waals surface area (Å²) in [7, 11) is 0. The van der Waals surface area contributed by atoms with E-state index < -0.39 is 11.8 Å². The number of thiophene rings is 1. The van der Waals surface area contributed by atoms with Crippen LogP contribution in [-0.4, -0.2) is 26.0 Å². The van der Waals surface area contributed by atoms with Gasteiger partial charge in [0.15, 0.2) is 5.82 Å². The Bertz CT molecular complexity index is 851. The number of nitrogens with zero attached hydrogens (tertiary/aromatic N) is 3. The molecule has 0 saturated heterocycles. The van der Waals surface area contributed by atoms with E-state index in [1.165, 1.54) is 24.7 Å². The predicted octanol–water partition coefficient (Wildman–Crippen LogP) is 3.38. The van der Waals surface area contributed by atoms with Gasteiger partial charge in [0, 0.05) is 11.6 Å². The van der Waals surface area contributed by atoms with Gasteiger partial charge in [0.1, 0.15) is 26.1 Å². The molecule has 106 valence electrons. The van der Waals surface area contributed by atoms with E-state index in [1.807, 2.05) is 0 Å². The minimum atomic E-state index is -1.00. The fourth-order valence-electron chi connectivity index (χ4n) is 1.86. The van der Waals surface area contributed by atoms with Crippen molar-refractivity contribution in [3.63, 3.8) is 0 Å². The predicted molar refractivity (Wildman–Crippen MR) is 77.4 cm³/mol. The highest BCUT2D eigenvalue weighted by Gasteiger charge is 2.19. The molecular formula is C13H8FN3O2S2. The van der Waals surface area contributed by atoms with Gasteiger partial charge in [0.2, 0.25) is 0 Å². The quantitative estimate of drug-likeness (QED) is 0.745. The van der Waals surface area contributed by atoms with E-state index in [4.69, 9.17) is 0 Å². The fourth-order valence-corrected chi connectivity index (χ4v) is 3.82. The number of halogens is 1. The molecule has 21 heavy (non-hydrogen) atoms. The van der Waals surface area contributed by atoms with Gasteiger partial charge >= 0.3 is 5.97 Å². The van der Waals surface area contributed by atoms with Crippen molar-refractivity contribution < 1.29 is 14.3 Å². The molecule has 0 aliphatic heterocycles. The number of pyridine rings is 1. The Morgan fingerprint density at radius 2 is 2.14 bits per heavy atom. The van der Waals surface area contributed by atoms with Gasteiger partial charge in [-0.2, -0.15) is 0 Å². The van der Waals surface area contributed by atoms with Crippen molar-refractivity contribution in [2.24, 2.45) is 0 Å². The highest BCUT2D eigenvalue weighted by Crippen LogP contribution is 2.37. The molecule has 3 heterocycles. The van der Waals surface area contributed by atoms with Crippen LogP contribution in [0.4, 0.5) is 4.39 Å². The third kappa shape index (κ3) is 2.47. The molecule has 0 bridgehead atoms. The van der Waals surface area contributed by atoms with Crippen LogP contribution in [0, 0.1) is 12.7 Å². The molecule has 0 aliphatic rings. The number of rotatable bonds is 3. The SMILES string of the molecule is Cc1c(C(=O)O)sc2ncnc(Sc3ncccc3F)c12. The number of hydrogen-bond donors (Lipinski definition) is 1. The van der Waals surface area contributed by atoms with Gasteiger partial charge in [0.25, 0.3) is 0 Å². The highest BCUT2D eigenvalue weighted by atomic mass is 32.2. The smallest absolute Gasteiger partial charge is 0.346 e. The molecule has 0 spiro atoms. The molecule has 0 saturated carbocycles. The minimum Gasteiger partial charge on any atom is -0.477 e. The van der Waals surface area contributed by atoms with E-state index in [0.717, 1.165) is 23.1 Å². The Morgan fingerprint density at radius 1 is 1.33 bits per heavy atom. The van der Waals surface area contributed by atoms with Crippen LogP contribution in [0.2, 0.25) is 0 Å². The average Bonchev–Trinajstić information content (AvgIpc) is 2.80. The normalized spacial score (nSPS) is 11.0. The van der Waals surface area contributed by atoms with Gasteiger partial charge in [-0.05, 0) is 36.4 Å². The van der Waals surface area contributed by atoms with Crippen LogP contribution in [0.1, 0.15) is 15.2 Å². The molecule has 0 unspecified atom stereocenters. The van der Waals surface area contributed by atoms with Crippen LogP contribution < -0.4 is 0 Å². The Hall–Kier alpha value is -2.06. The van der Waals surface area contributed by atoms with E-state index >= 15 is 0 Å². The number of carboxylic acids is 1. The van der Waals surface area contributed by atoms with Crippen molar-refractivity contribution in [2.45, 2.75) is 17.0 Å². The first-order valence-electron chi connectivity index (χ1n) is 5.83. The number of aromatic nitrogens is 3. The maximum atomic E-state index is 13.7. The molecule has 3 rings (SSSR count). The van der Waals surface area contributed by atoms with Gasteiger partial charge in [-0.1, -0.05) is 0 Å². The van der Waals surface area contributed by atoms with Crippen LogP contribution >= 0.6 is 23.1 Å². The lowest BCUT2D eigenvalue weighted by molar-refractivity contribution is 0.0701. The molecular weight excluding hydrogens is 313 g/mol. The van der Waals surface area contributed by atoms with E-state index in [9.17, 15) is 14.3 Å². The second-order valence-corrected chi connectivity index (χ2v) is 6.09. The van der Waals surface area contributed by atoms with Crippen molar-refractivity contribution >= 4 is 39.3 Å². The number of carbonyl (C=O) groups is 1. The van der Waals surface area contributed by atoms with Crippen molar-refractivity contribution in [3.8, 4) is 0 Å². The molecule has 5 nitrogen and oxygen atoms in total. The number of carboxylic acid groups (broad SMARTS) is 1. The maximum Gasteiger partial charge on any atom is 0.346 e. The molecule has 0 aliphatic carbocycles. The molecule has 1 N–H and O–H groups in total. The van der Waals surface area contributed by atoms with Gasteiger partial charge in [-0.3, -0.25) is 0 Å². The Balaban J connectivity index is 2.15. The Labute approximate surface area is 126 Å². The first kappa shape index (κ1) is 13.9. The average molecular weight is 321 g/mol. The third-order valence-electron chi connectivity index (χ3n) is 2.80. The number of aromatic carboxylic acids is 1. The van der Waals surface area contributed by atoms with Crippen LogP contribution in [-0.2, 0) is 0 Å². The lowest BCUT2D eigenvalue weighted by atomic mass is 10.2. The number of hydrogen-bond acceptors (Lipinski definition) is 6. The van der Waals surface area contributed by atoms with Gasteiger partial charge in [-0.15, -0.1) is 11.3 Å². The summed E-state index contributed by atoms with van der Waals surface area (Å²) in [5, 5.41) is 10.5. The Kier molecular flexibility index (Phi) is 3.56. The molecule has 0 aromatic carbocycles. The van der Waals surface area contributed by atoms with Crippen molar-refractivity contribution in [1.82, 2.24) is 15.0 Å². The van der Waals surface area contributed by atoms with Crippen LogP contribution in [0.25, 0.3) is 10.2 Å². The summed E-state index contributed by atoms with van der Waals surface area (Å²) in [4.78, 5) is 24.2. The second-order valence-electron chi connectivity index (χ2n) is 4.11. The summed E-state index contributed by atoms with van der Waals surface area (Å²) in [6.07, 6.45) is 2.83. The molecule has 0 fully saturated rings. The summed E-state index contributed by atoms with van der Waals surface area (Å²) in [5.41, 5.74) is 0.585. The molecule has 3 aromatic rings. The summed E-state index contributed by atoms with van der Waals surface area (Å²) in [6.45, 7) is 1.70. The summed E-state index contributed by atoms with van der Waals surface area (Å²) in [6, 6.07) is 2.82. The third-order valence-corrected chi connectivity index (χ3v) is 4.99. The summed E-state index contributed by atoms with van der Waals surface area (Å²) in [5.74, 6) is -1.45. The second kappa shape index (κ2) is 5.38. The molecule has 0 atom stereocenters. The standard InChI is InChI=1S/C13H8FN3O2S2/c1-6-8-11(20-9(6)13(18)19)16-5-17-12(8)21-10-7(14)3-2-4-15-10/h2-5H,1H3,(H,18,19). The first-order valence-corrected chi connectivity index (χ1v) is 7.47. The summed E-state index contributed by atoms with van der Waals surface area (Å²) >= 11 is 2.14. The van der Waals surface area contributed by atoms with E-state index in [1.54, 1.807) is 6.92 Å². The van der Waals surface area contributed by atoms with Crippen molar-refractivity contribution in [3.05, 3.63) is 40.9 Å². The van der Waals surface area contributed by atoms with Gasteiger partial charge < -0.3 is 5.11 Å². The van der Waals surface area contributed by atoms with Crippen molar-refractivity contribution in [2.75, 3.05) is 0 Å².